The Morgan fingerprint density at radius 3 is 2.47 bits per heavy atom. The van der Waals surface area contributed by atoms with E-state index in [0.717, 1.165) is 37.6 Å². The highest BCUT2D eigenvalue weighted by Crippen LogP contribution is 2.39. The minimum Gasteiger partial charge on any atom is -0.365 e. The molecular formula is C32H37F3N6O3S. The minimum atomic E-state index is -4.79. The summed E-state index contributed by atoms with van der Waals surface area (Å²) in [6.45, 7) is 7.16. The monoisotopic (exact) mass is 642 g/mol. The largest absolute Gasteiger partial charge is 0.365 e. The lowest BCUT2D eigenvalue weighted by molar-refractivity contribution is 0.209. The maximum absolute atomic E-state index is 16.6. The minimum absolute atomic E-state index is 0.0346. The van der Waals surface area contributed by atoms with Gasteiger partial charge in [0, 0.05) is 36.2 Å². The van der Waals surface area contributed by atoms with Crippen molar-refractivity contribution in [3.8, 4) is 22.4 Å². The number of ether oxygens (including phenoxy) is 1. The molecule has 9 nitrogen and oxygen atoms in total. The van der Waals surface area contributed by atoms with Crippen LogP contribution in [-0.2, 0) is 14.8 Å². The Morgan fingerprint density at radius 1 is 1.04 bits per heavy atom. The molecule has 45 heavy (non-hydrogen) atoms. The van der Waals surface area contributed by atoms with Crippen molar-refractivity contribution in [3.05, 3.63) is 78.4 Å². The van der Waals surface area contributed by atoms with Gasteiger partial charge in [0.1, 0.15) is 34.8 Å². The second-order valence-corrected chi connectivity index (χ2v) is 14.0. The van der Waals surface area contributed by atoms with Crippen molar-refractivity contribution in [2.45, 2.75) is 50.1 Å². The molecule has 2 aromatic heterocycles. The maximum atomic E-state index is 16.6. The molecule has 2 aromatic carbocycles. The standard InChI is InChI=1S/C32H37F3N6O3S/c1-32(2,3)37-29-17-21(11-14-36-29)25-19-40(23-12-15-39(4)16-13-23)38-31(25)24-7-6-8-27(30(24)35)41(20-44-5)45(42,43)28-18-22(33)9-10-26(28)34/h6-11,14,17-19,23H,12-13,15-16,20H2,1-5H3,(H,36,37). The molecular weight excluding hydrogens is 605 g/mol. The molecule has 1 saturated heterocycles. The topological polar surface area (TPSA) is 92.6 Å². The van der Waals surface area contributed by atoms with Crippen LogP contribution < -0.4 is 9.62 Å². The molecule has 4 aromatic rings. The van der Waals surface area contributed by atoms with E-state index in [-0.39, 0.29) is 17.1 Å². The Bertz CT molecular complexity index is 1780. The van der Waals surface area contributed by atoms with Crippen molar-refractivity contribution in [2.24, 2.45) is 0 Å². The molecule has 1 aliphatic heterocycles. The quantitative estimate of drug-likeness (QED) is 0.214. The number of aromatic nitrogens is 3. The first-order valence-corrected chi connectivity index (χ1v) is 16.0. The van der Waals surface area contributed by atoms with Crippen molar-refractivity contribution < 1.29 is 26.3 Å². The van der Waals surface area contributed by atoms with Crippen molar-refractivity contribution in [3.63, 3.8) is 0 Å². The SMILES string of the molecule is COCN(c1cccc(-c2nn(C3CCN(C)CC3)cc2-c2ccnc(NC(C)(C)C)c2)c1F)S(=O)(=O)c1cc(F)ccc1F. The summed E-state index contributed by atoms with van der Waals surface area (Å²) in [5.41, 5.74) is 1.04. The number of nitrogens with one attached hydrogen (secondary N) is 1. The van der Waals surface area contributed by atoms with E-state index in [4.69, 9.17) is 9.84 Å². The summed E-state index contributed by atoms with van der Waals surface area (Å²) in [6, 6.07) is 10.1. The van der Waals surface area contributed by atoms with Gasteiger partial charge in [-0.25, -0.2) is 30.9 Å². The number of halogens is 3. The van der Waals surface area contributed by atoms with Gasteiger partial charge in [-0.3, -0.25) is 4.68 Å². The summed E-state index contributed by atoms with van der Waals surface area (Å²) < 4.78 is 80.1. The van der Waals surface area contributed by atoms with Crippen LogP contribution in [0, 0.1) is 17.5 Å². The molecule has 0 aliphatic carbocycles. The molecule has 0 bridgehead atoms. The van der Waals surface area contributed by atoms with Gasteiger partial charge in [0.25, 0.3) is 10.0 Å². The van der Waals surface area contributed by atoms with Crippen LogP contribution in [0.25, 0.3) is 22.4 Å². The number of benzene rings is 2. The van der Waals surface area contributed by atoms with Gasteiger partial charge in [0.15, 0.2) is 5.82 Å². The number of methoxy groups -OCH3 is 1. The van der Waals surface area contributed by atoms with Crippen LogP contribution in [0.5, 0.6) is 0 Å². The predicted octanol–water partition coefficient (Wildman–Crippen LogP) is 6.31. The van der Waals surface area contributed by atoms with Gasteiger partial charge < -0.3 is 15.0 Å². The highest BCUT2D eigenvalue weighted by atomic mass is 32.2. The second-order valence-electron chi connectivity index (χ2n) is 12.2. The van der Waals surface area contributed by atoms with E-state index in [2.05, 4.69) is 22.2 Å². The van der Waals surface area contributed by atoms with Gasteiger partial charge in [-0.05, 0) is 102 Å². The fourth-order valence-electron chi connectivity index (χ4n) is 5.37. The van der Waals surface area contributed by atoms with Gasteiger partial charge in [-0.15, -0.1) is 0 Å². The third kappa shape index (κ3) is 7.00. The molecule has 0 radical (unpaired) electrons. The zero-order valence-electron chi connectivity index (χ0n) is 25.9. The molecule has 0 spiro atoms. The third-order valence-corrected chi connectivity index (χ3v) is 9.33. The molecule has 0 saturated carbocycles. The van der Waals surface area contributed by atoms with Crippen LogP contribution in [-0.4, -0.2) is 67.6 Å². The van der Waals surface area contributed by atoms with Gasteiger partial charge >= 0.3 is 0 Å². The zero-order chi connectivity index (χ0) is 32.5. The van der Waals surface area contributed by atoms with E-state index < -0.39 is 44.8 Å². The van der Waals surface area contributed by atoms with Crippen molar-refractivity contribution in [2.75, 3.05) is 43.6 Å². The van der Waals surface area contributed by atoms with Crippen LogP contribution in [0.1, 0.15) is 39.7 Å². The lowest BCUT2D eigenvalue weighted by Crippen LogP contribution is -2.34. The zero-order valence-corrected chi connectivity index (χ0v) is 26.7. The fourth-order valence-corrected chi connectivity index (χ4v) is 6.83. The van der Waals surface area contributed by atoms with E-state index in [1.165, 1.54) is 25.3 Å². The smallest absolute Gasteiger partial charge is 0.269 e. The Hall–Kier alpha value is -3.94. The van der Waals surface area contributed by atoms with E-state index >= 15 is 4.39 Å². The molecule has 13 heteroatoms. The van der Waals surface area contributed by atoms with E-state index in [9.17, 15) is 17.2 Å². The summed E-state index contributed by atoms with van der Waals surface area (Å²) in [4.78, 5) is 5.74. The van der Waals surface area contributed by atoms with Crippen LogP contribution in [0.3, 0.4) is 0 Å². The summed E-state index contributed by atoms with van der Waals surface area (Å²) in [5.74, 6) is -2.41. The van der Waals surface area contributed by atoms with Gasteiger partial charge in [0.05, 0.1) is 11.7 Å². The van der Waals surface area contributed by atoms with E-state index in [1.807, 2.05) is 43.8 Å². The Balaban J connectivity index is 1.66. The molecule has 1 fully saturated rings. The third-order valence-electron chi connectivity index (χ3n) is 7.58. The van der Waals surface area contributed by atoms with Crippen LogP contribution in [0.2, 0.25) is 0 Å². The number of sulfonamides is 1. The number of nitrogens with zero attached hydrogens (tertiary/aromatic N) is 5. The summed E-state index contributed by atoms with van der Waals surface area (Å²) in [6.07, 6.45) is 5.25. The number of pyridine rings is 1. The number of anilines is 2. The van der Waals surface area contributed by atoms with Crippen LogP contribution in [0.15, 0.2) is 65.8 Å². The lowest BCUT2D eigenvalue weighted by atomic mass is 10.0. The predicted molar refractivity (Wildman–Crippen MR) is 168 cm³/mol. The maximum Gasteiger partial charge on any atom is 0.269 e. The van der Waals surface area contributed by atoms with Crippen molar-refractivity contribution in [1.82, 2.24) is 19.7 Å². The Labute approximate surface area is 261 Å². The second kappa shape index (κ2) is 12.8. The first kappa shape index (κ1) is 32.5. The number of piperidine rings is 1. The molecule has 0 atom stereocenters. The molecule has 0 amide bonds. The molecule has 0 unspecified atom stereocenters. The van der Waals surface area contributed by atoms with Crippen LogP contribution >= 0.6 is 0 Å². The van der Waals surface area contributed by atoms with Gasteiger partial charge in [0.2, 0.25) is 0 Å². The van der Waals surface area contributed by atoms with E-state index in [1.54, 1.807) is 6.20 Å². The Morgan fingerprint density at radius 2 is 1.78 bits per heavy atom. The van der Waals surface area contributed by atoms with Crippen LogP contribution in [0.4, 0.5) is 24.7 Å². The van der Waals surface area contributed by atoms with Crippen molar-refractivity contribution >= 4 is 21.5 Å². The average molecular weight is 643 g/mol. The summed E-state index contributed by atoms with van der Waals surface area (Å²) in [7, 11) is -1.50. The molecule has 5 rings (SSSR count). The first-order valence-electron chi connectivity index (χ1n) is 14.6. The summed E-state index contributed by atoms with van der Waals surface area (Å²) >= 11 is 0. The molecule has 1 N–H and O–H groups in total. The molecule has 240 valence electrons. The van der Waals surface area contributed by atoms with Crippen molar-refractivity contribution in [1.29, 1.82) is 0 Å². The molecule has 1 aliphatic rings. The molecule has 3 heterocycles. The normalized spacial score (nSPS) is 14.9. The fraction of sp³-hybridized carbons (Fsp3) is 0.375. The van der Waals surface area contributed by atoms with Gasteiger partial charge in [-0.2, -0.15) is 5.10 Å². The number of rotatable bonds is 9. The average Bonchev–Trinajstić information content (AvgIpc) is 3.42. The lowest BCUT2D eigenvalue weighted by Gasteiger charge is -2.29. The highest BCUT2D eigenvalue weighted by Gasteiger charge is 2.32. The number of likely N-dealkylation sites (tertiary alicyclic amines) is 1. The Kier molecular flexibility index (Phi) is 9.24. The first-order chi connectivity index (χ1) is 21.3. The highest BCUT2D eigenvalue weighted by molar-refractivity contribution is 7.92. The number of hydrogen-bond donors (Lipinski definition) is 1. The van der Waals surface area contributed by atoms with Gasteiger partial charge in [-0.1, -0.05) is 6.07 Å². The number of hydrogen-bond acceptors (Lipinski definition) is 7. The van der Waals surface area contributed by atoms with E-state index in [0.29, 0.717) is 33.5 Å². The summed E-state index contributed by atoms with van der Waals surface area (Å²) in [5, 5.41) is 8.22.